The lowest BCUT2D eigenvalue weighted by Crippen LogP contribution is -2.24. The molecule has 156 valence electrons. The summed E-state index contributed by atoms with van der Waals surface area (Å²) in [5, 5.41) is 3.95. The molecule has 2 aromatic carbocycles. The Hall–Kier alpha value is -3.42. The number of halogens is 1. The molecule has 0 spiro atoms. The molecule has 1 aromatic heterocycles. The van der Waals surface area contributed by atoms with Gasteiger partial charge in [-0.2, -0.15) is 4.98 Å². The van der Waals surface area contributed by atoms with Crippen molar-refractivity contribution in [3.63, 3.8) is 0 Å². The van der Waals surface area contributed by atoms with Crippen LogP contribution in [0.1, 0.15) is 30.7 Å². The van der Waals surface area contributed by atoms with Gasteiger partial charge in [-0.15, -0.1) is 0 Å². The van der Waals surface area contributed by atoms with Crippen LogP contribution in [0.2, 0.25) is 0 Å². The fourth-order valence-electron chi connectivity index (χ4n) is 3.49. The van der Waals surface area contributed by atoms with Crippen LogP contribution in [0, 0.1) is 5.82 Å². The minimum absolute atomic E-state index is 0.0316. The number of carbonyl (C=O) groups excluding carboxylic acids is 1. The zero-order valence-corrected chi connectivity index (χ0v) is 16.8. The van der Waals surface area contributed by atoms with E-state index in [0.29, 0.717) is 37.6 Å². The summed E-state index contributed by atoms with van der Waals surface area (Å²) < 4.78 is 29.7. The van der Waals surface area contributed by atoms with Gasteiger partial charge in [0.15, 0.2) is 11.6 Å². The number of hydrogen-bond acceptors (Lipinski definition) is 6. The van der Waals surface area contributed by atoms with Crippen LogP contribution in [0.25, 0.3) is 11.4 Å². The number of hydrogen-bond donors (Lipinski definition) is 0. The van der Waals surface area contributed by atoms with Crippen molar-refractivity contribution >= 4 is 5.91 Å². The van der Waals surface area contributed by atoms with Gasteiger partial charge in [0.25, 0.3) is 0 Å². The Morgan fingerprint density at radius 2 is 2.03 bits per heavy atom. The van der Waals surface area contributed by atoms with E-state index < -0.39 is 5.82 Å². The van der Waals surface area contributed by atoms with E-state index >= 15 is 0 Å². The third kappa shape index (κ3) is 4.12. The molecular formula is C22H22FN3O4. The van der Waals surface area contributed by atoms with E-state index in [-0.39, 0.29) is 23.4 Å². The Balaban J connectivity index is 1.43. The molecule has 1 amide bonds. The first kappa shape index (κ1) is 19.9. The molecule has 3 aromatic rings. The van der Waals surface area contributed by atoms with Crippen LogP contribution in [0.3, 0.4) is 0 Å². The number of nitrogens with zero attached hydrogens (tertiary/aromatic N) is 3. The van der Waals surface area contributed by atoms with E-state index in [9.17, 15) is 9.18 Å². The molecule has 0 N–H and O–H groups in total. The first-order valence-electron chi connectivity index (χ1n) is 9.74. The van der Waals surface area contributed by atoms with Crippen molar-refractivity contribution < 1.29 is 23.2 Å². The van der Waals surface area contributed by atoms with Crippen LogP contribution < -0.4 is 9.47 Å². The smallest absolute Gasteiger partial charge is 0.232 e. The Kier molecular flexibility index (Phi) is 5.65. The molecule has 1 atom stereocenters. The SMILES string of the molecule is CCOc1ccc(CN2CC(c3nc(-c4ccc(OC)c(F)c4)no3)CC2=O)cc1. The molecule has 1 fully saturated rings. The van der Waals surface area contributed by atoms with Crippen LogP contribution in [0.4, 0.5) is 4.39 Å². The molecule has 30 heavy (non-hydrogen) atoms. The summed E-state index contributed by atoms with van der Waals surface area (Å²) >= 11 is 0. The van der Waals surface area contributed by atoms with Gasteiger partial charge in [-0.05, 0) is 42.8 Å². The normalized spacial score (nSPS) is 16.2. The van der Waals surface area contributed by atoms with Crippen molar-refractivity contribution in [2.24, 2.45) is 0 Å². The van der Waals surface area contributed by atoms with Gasteiger partial charge in [0.2, 0.25) is 17.6 Å². The summed E-state index contributed by atoms with van der Waals surface area (Å²) in [6.45, 7) is 3.54. The summed E-state index contributed by atoms with van der Waals surface area (Å²) in [4.78, 5) is 18.6. The van der Waals surface area contributed by atoms with Crippen LogP contribution in [-0.4, -0.2) is 41.2 Å². The minimum atomic E-state index is -0.501. The van der Waals surface area contributed by atoms with E-state index in [0.717, 1.165) is 11.3 Å². The number of rotatable bonds is 7. The molecule has 1 aliphatic rings. The molecule has 8 heteroatoms. The predicted molar refractivity (Wildman–Crippen MR) is 107 cm³/mol. The summed E-state index contributed by atoms with van der Waals surface area (Å²) in [6.07, 6.45) is 0.301. The number of aromatic nitrogens is 2. The summed E-state index contributed by atoms with van der Waals surface area (Å²) in [5.74, 6) is 0.953. The highest BCUT2D eigenvalue weighted by atomic mass is 19.1. The first-order chi connectivity index (χ1) is 14.6. The van der Waals surface area contributed by atoms with Crippen molar-refractivity contribution in [3.05, 3.63) is 59.7 Å². The molecule has 4 rings (SSSR count). The van der Waals surface area contributed by atoms with Gasteiger partial charge in [0, 0.05) is 25.1 Å². The summed E-state index contributed by atoms with van der Waals surface area (Å²) in [6, 6.07) is 12.2. The Bertz CT molecular complexity index is 1040. The third-order valence-electron chi connectivity index (χ3n) is 5.02. The van der Waals surface area contributed by atoms with E-state index in [2.05, 4.69) is 10.1 Å². The first-order valence-corrected chi connectivity index (χ1v) is 9.74. The highest BCUT2D eigenvalue weighted by Crippen LogP contribution is 2.30. The fourth-order valence-corrected chi connectivity index (χ4v) is 3.49. The van der Waals surface area contributed by atoms with Crippen LogP contribution in [-0.2, 0) is 11.3 Å². The highest BCUT2D eigenvalue weighted by molar-refractivity contribution is 5.79. The van der Waals surface area contributed by atoms with Crippen molar-refractivity contribution in [1.82, 2.24) is 15.0 Å². The van der Waals surface area contributed by atoms with Gasteiger partial charge in [0.1, 0.15) is 5.75 Å². The number of carbonyl (C=O) groups is 1. The second kappa shape index (κ2) is 8.52. The second-order valence-corrected chi connectivity index (χ2v) is 7.06. The molecule has 0 aliphatic carbocycles. The highest BCUT2D eigenvalue weighted by Gasteiger charge is 2.34. The average Bonchev–Trinajstić information content (AvgIpc) is 3.37. The van der Waals surface area contributed by atoms with Crippen LogP contribution in [0.15, 0.2) is 47.0 Å². The van der Waals surface area contributed by atoms with Crippen molar-refractivity contribution in [2.45, 2.75) is 25.8 Å². The molecule has 0 saturated carbocycles. The topological polar surface area (TPSA) is 77.7 Å². The standard InChI is InChI=1S/C22H22FN3O4/c1-3-29-17-7-4-14(5-8-17)12-26-13-16(11-20(26)27)22-24-21(25-30-22)15-6-9-19(28-2)18(23)10-15/h4-10,16H,3,11-13H2,1-2H3. The summed E-state index contributed by atoms with van der Waals surface area (Å²) in [7, 11) is 1.40. The van der Waals surface area contributed by atoms with Crippen LogP contribution >= 0.6 is 0 Å². The minimum Gasteiger partial charge on any atom is -0.494 e. The predicted octanol–water partition coefficient (Wildman–Crippen LogP) is 3.80. The fraction of sp³-hybridized carbons (Fsp3) is 0.318. The monoisotopic (exact) mass is 411 g/mol. The summed E-state index contributed by atoms with van der Waals surface area (Å²) in [5.41, 5.74) is 1.51. The number of methoxy groups -OCH3 is 1. The lowest BCUT2D eigenvalue weighted by atomic mass is 10.1. The number of ether oxygens (including phenoxy) is 2. The van der Waals surface area contributed by atoms with Crippen molar-refractivity contribution in [3.8, 4) is 22.9 Å². The van der Waals surface area contributed by atoms with E-state index in [1.807, 2.05) is 31.2 Å². The molecule has 0 radical (unpaired) electrons. The Labute approximate surface area is 173 Å². The number of benzene rings is 2. The van der Waals surface area contributed by atoms with E-state index in [1.165, 1.54) is 19.2 Å². The van der Waals surface area contributed by atoms with Crippen LogP contribution in [0.5, 0.6) is 11.5 Å². The second-order valence-electron chi connectivity index (χ2n) is 7.06. The zero-order chi connectivity index (χ0) is 21.1. The maximum absolute atomic E-state index is 14.0. The largest absolute Gasteiger partial charge is 0.494 e. The number of amides is 1. The lowest BCUT2D eigenvalue weighted by molar-refractivity contribution is -0.128. The van der Waals surface area contributed by atoms with Crippen molar-refractivity contribution in [2.75, 3.05) is 20.3 Å². The van der Waals surface area contributed by atoms with Gasteiger partial charge in [-0.1, -0.05) is 17.3 Å². The molecule has 7 nitrogen and oxygen atoms in total. The average molecular weight is 411 g/mol. The lowest BCUT2D eigenvalue weighted by Gasteiger charge is -2.16. The van der Waals surface area contributed by atoms with Gasteiger partial charge in [0.05, 0.1) is 19.6 Å². The maximum atomic E-state index is 14.0. The Morgan fingerprint density at radius 3 is 2.73 bits per heavy atom. The quantitative estimate of drug-likeness (QED) is 0.589. The Morgan fingerprint density at radius 1 is 1.23 bits per heavy atom. The zero-order valence-electron chi connectivity index (χ0n) is 16.8. The van der Waals surface area contributed by atoms with Gasteiger partial charge < -0.3 is 18.9 Å². The van der Waals surface area contributed by atoms with Gasteiger partial charge in [-0.3, -0.25) is 4.79 Å². The maximum Gasteiger partial charge on any atom is 0.232 e. The third-order valence-corrected chi connectivity index (χ3v) is 5.02. The molecule has 1 aliphatic heterocycles. The molecular weight excluding hydrogens is 389 g/mol. The van der Waals surface area contributed by atoms with E-state index in [4.69, 9.17) is 14.0 Å². The van der Waals surface area contributed by atoms with E-state index in [1.54, 1.807) is 11.0 Å². The van der Waals surface area contributed by atoms with Crippen molar-refractivity contribution in [1.29, 1.82) is 0 Å². The van der Waals surface area contributed by atoms with Gasteiger partial charge in [-0.25, -0.2) is 4.39 Å². The molecule has 1 unspecified atom stereocenters. The van der Waals surface area contributed by atoms with Gasteiger partial charge >= 0.3 is 0 Å². The number of likely N-dealkylation sites (tertiary alicyclic amines) is 1. The molecule has 1 saturated heterocycles. The molecule has 2 heterocycles. The molecule has 0 bridgehead atoms.